The molecule has 0 bridgehead atoms. The maximum atomic E-state index is 13.3. The Morgan fingerprint density at radius 1 is 1.30 bits per heavy atom. The zero-order chi connectivity index (χ0) is 15.7. The fourth-order valence-corrected chi connectivity index (χ4v) is 3.44. The number of carbonyl (C=O) groups is 1. The molecule has 0 aromatic heterocycles. The number of nitrogens with zero attached hydrogens (tertiary/aromatic N) is 1. The minimum Gasteiger partial charge on any atom is -0.332 e. The molecule has 2 heterocycles. The van der Waals surface area contributed by atoms with Crippen LogP contribution in [0.5, 0.6) is 0 Å². The zero-order valence-corrected chi connectivity index (χ0v) is 14.1. The second-order valence-corrected chi connectivity index (χ2v) is 6.43. The minimum absolute atomic E-state index is 0. The number of benzene rings is 1. The highest BCUT2D eigenvalue weighted by molar-refractivity contribution is 5.94. The third-order valence-electron chi connectivity index (χ3n) is 4.76. The van der Waals surface area contributed by atoms with Crippen LogP contribution in [0.25, 0.3) is 0 Å². The zero-order valence-electron chi connectivity index (χ0n) is 13.3. The van der Waals surface area contributed by atoms with Crippen LogP contribution < -0.4 is 5.32 Å². The molecule has 1 aromatic rings. The van der Waals surface area contributed by atoms with E-state index in [0.29, 0.717) is 11.5 Å². The van der Waals surface area contributed by atoms with E-state index in [9.17, 15) is 13.6 Å². The average Bonchev–Trinajstić information content (AvgIpc) is 2.88. The smallest absolute Gasteiger partial charge is 0.267 e. The molecule has 0 saturated carbocycles. The Morgan fingerprint density at radius 2 is 2.00 bits per heavy atom. The highest BCUT2D eigenvalue weighted by atomic mass is 35.5. The SMILES string of the molecule is Cc1ccc(C(=O)N2CCC(F)(F)C2)cc1C1CCNCC1.Cl. The van der Waals surface area contributed by atoms with Gasteiger partial charge in [-0.05, 0) is 62.0 Å². The third-order valence-corrected chi connectivity index (χ3v) is 4.76. The molecule has 0 radical (unpaired) electrons. The number of hydrogen-bond donors (Lipinski definition) is 1. The van der Waals surface area contributed by atoms with Crippen LogP contribution in [0.4, 0.5) is 8.78 Å². The van der Waals surface area contributed by atoms with Crippen LogP contribution in [0.2, 0.25) is 0 Å². The normalized spacial score (nSPS) is 21.1. The first-order valence-corrected chi connectivity index (χ1v) is 7.95. The van der Waals surface area contributed by atoms with Crippen molar-refractivity contribution in [1.82, 2.24) is 10.2 Å². The van der Waals surface area contributed by atoms with Crippen molar-refractivity contribution in [2.75, 3.05) is 26.2 Å². The molecule has 2 fully saturated rings. The van der Waals surface area contributed by atoms with Gasteiger partial charge in [-0.2, -0.15) is 0 Å². The lowest BCUT2D eigenvalue weighted by Crippen LogP contribution is -2.31. The fourth-order valence-electron chi connectivity index (χ4n) is 3.44. The summed E-state index contributed by atoms with van der Waals surface area (Å²) < 4.78 is 26.6. The first-order chi connectivity index (χ1) is 10.5. The number of halogens is 3. The summed E-state index contributed by atoms with van der Waals surface area (Å²) in [5, 5.41) is 3.34. The molecule has 3 rings (SSSR count). The molecular formula is C17H23ClF2N2O. The highest BCUT2D eigenvalue weighted by Crippen LogP contribution is 2.31. The molecule has 6 heteroatoms. The first-order valence-electron chi connectivity index (χ1n) is 7.95. The van der Waals surface area contributed by atoms with Gasteiger partial charge in [0.25, 0.3) is 11.8 Å². The van der Waals surface area contributed by atoms with Crippen LogP contribution in [-0.2, 0) is 0 Å². The Morgan fingerprint density at radius 3 is 2.61 bits per heavy atom. The largest absolute Gasteiger partial charge is 0.332 e. The minimum atomic E-state index is -2.74. The van der Waals surface area contributed by atoms with Crippen molar-refractivity contribution in [2.24, 2.45) is 0 Å². The van der Waals surface area contributed by atoms with E-state index in [2.05, 4.69) is 12.2 Å². The topological polar surface area (TPSA) is 32.3 Å². The van der Waals surface area contributed by atoms with Crippen LogP contribution in [-0.4, -0.2) is 42.9 Å². The van der Waals surface area contributed by atoms with Gasteiger partial charge < -0.3 is 10.2 Å². The third kappa shape index (κ3) is 4.01. The molecule has 1 amide bonds. The van der Waals surface area contributed by atoms with Gasteiger partial charge in [0.15, 0.2) is 0 Å². The summed E-state index contributed by atoms with van der Waals surface area (Å²) in [4.78, 5) is 13.7. The van der Waals surface area contributed by atoms with Crippen LogP contribution >= 0.6 is 12.4 Å². The monoisotopic (exact) mass is 344 g/mol. The standard InChI is InChI=1S/C17H22F2N2O.ClH/c1-12-2-3-14(10-15(12)13-4-7-20-8-5-13)16(22)21-9-6-17(18,19)11-21;/h2-3,10,13,20H,4-9,11H2,1H3;1H. The summed E-state index contributed by atoms with van der Waals surface area (Å²) in [7, 11) is 0. The molecule has 0 spiro atoms. The van der Waals surface area contributed by atoms with E-state index in [0.717, 1.165) is 25.9 Å². The van der Waals surface area contributed by atoms with Crippen LogP contribution in [0.15, 0.2) is 18.2 Å². The molecule has 3 nitrogen and oxygen atoms in total. The van der Waals surface area contributed by atoms with E-state index in [1.54, 1.807) is 6.07 Å². The second kappa shape index (κ2) is 7.14. The number of hydrogen-bond acceptors (Lipinski definition) is 2. The molecule has 2 aliphatic rings. The molecular weight excluding hydrogens is 322 g/mol. The van der Waals surface area contributed by atoms with Crippen LogP contribution in [0.1, 0.15) is 46.7 Å². The summed E-state index contributed by atoms with van der Waals surface area (Å²) in [6.45, 7) is 3.71. The molecule has 0 aliphatic carbocycles. The van der Waals surface area contributed by atoms with E-state index < -0.39 is 12.5 Å². The average molecular weight is 345 g/mol. The van der Waals surface area contributed by atoms with Gasteiger partial charge in [-0.15, -0.1) is 12.4 Å². The number of likely N-dealkylation sites (tertiary alicyclic amines) is 1. The number of amides is 1. The van der Waals surface area contributed by atoms with Gasteiger partial charge >= 0.3 is 0 Å². The van der Waals surface area contributed by atoms with Crippen molar-refractivity contribution in [3.8, 4) is 0 Å². The number of piperidine rings is 1. The van der Waals surface area contributed by atoms with Gasteiger partial charge in [0.1, 0.15) is 0 Å². The number of aryl methyl sites for hydroxylation is 1. The second-order valence-electron chi connectivity index (χ2n) is 6.43. The predicted octanol–water partition coefficient (Wildman–Crippen LogP) is 3.37. The van der Waals surface area contributed by atoms with Gasteiger partial charge in [0.2, 0.25) is 0 Å². The van der Waals surface area contributed by atoms with E-state index in [-0.39, 0.29) is 31.3 Å². The van der Waals surface area contributed by atoms with Crippen molar-refractivity contribution in [3.63, 3.8) is 0 Å². The molecule has 2 saturated heterocycles. The van der Waals surface area contributed by atoms with Gasteiger partial charge in [-0.25, -0.2) is 8.78 Å². The molecule has 2 aliphatic heterocycles. The van der Waals surface area contributed by atoms with Crippen LogP contribution in [0.3, 0.4) is 0 Å². The fraction of sp³-hybridized carbons (Fsp3) is 0.588. The molecule has 0 atom stereocenters. The van der Waals surface area contributed by atoms with E-state index in [1.165, 1.54) is 16.0 Å². The Hall–Kier alpha value is -1.20. The molecule has 23 heavy (non-hydrogen) atoms. The quantitative estimate of drug-likeness (QED) is 0.892. The molecule has 0 unspecified atom stereocenters. The lowest BCUT2D eigenvalue weighted by molar-refractivity contribution is 0.0120. The molecule has 1 aromatic carbocycles. The summed E-state index contributed by atoms with van der Waals surface area (Å²) in [6, 6.07) is 5.63. The van der Waals surface area contributed by atoms with Crippen molar-refractivity contribution in [3.05, 3.63) is 34.9 Å². The summed E-state index contributed by atoms with van der Waals surface area (Å²) in [6.07, 6.45) is 1.88. The summed E-state index contributed by atoms with van der Waals surface area (Å²) >= 11 is 0. The van der Waals surface area contributed by atoms with Crippen LogP contribution in [0, 0.1) is 6.92 Å². The maximum absolute atomic E-state index is 13.3. The molecule has 1 N–H and O–H groups in total. The Kier molecular flexibility index (Phi) is 5.63. The maximum Gasteiger partial charge on any atom is 0.267 e. The van der Waals surface area contributed by atoms with Crippen molar-refractivity contribution >= 4 is 18.3 Å². The van der Waals surface area contributed by atoms with Crippen molar-refractivity contribution in [1.29, 1.82) is 0 Å². The number of nitrogens with one attached hydrogen (secondary N) is 1. The lowest BCUT2D eigenvalue weighted by atomic mass is 9.86. The summed E-state index contributed by atoms with van der Waals surface area (Å²) in [5.74, 6) is -2.56. The number of carbonyl (C=O) groups excluding carboxylic acids is 1. The molecule has 128 valence electrons. The van der Waals surface area contributed by atoms with E-state index in [1.807, 2.05) is 12.1 Å². The van der Waals surface area contributed by atoms with Gasteiger partial charge in [0.05, 0.1) is 6.54 Å². The Balaban J connectivity index is 0.00000192. The van der Waals surface area contributed by atoms with Crippen molar-refractivity contribution < 1.29 is 13.6 Å². The van der Waals surface area contributed by atoms with Gasteiger partial charge in [-0.1, -0.05) is 6.07 Å². The Labute approximate surface area is 141 Å². The predicted molar refractivity (Wildman–Crippen MR) is 88.7 cm³/mol. The van der Waals surface area contributed by atoms with E-state index in [4.69, 9.17) is 0 Å². The van der Waals surface area contributed by atoms with Gasteiger partial charge in [-0.3, -0.25) is 4.79 Å². The van der Waals surface area contributed by atoms with Gasteiger partial charge in [0, 0.05) is 18.5 Å². The summed E-state index contributed by atoms with van der Waals surface area (Å²) in [5.41, 5.74) is 2.91. The number of alkyl halides is 2. The lowest BCUT2D eigenvalue weighted by Gasteiger charge is -2.25. The highest BCUT2D eigenvalue weighted by Gasteiger charge is 2.40. The van der Waals surface area contributed by atoms with E-state index >= 15 is 0 Å². The number of rotatable bonds is 2. The first kappa shape index (κ1) is 18.1. The Bertz CT molecular complexity index is 574. The van der Waals surface area contributed by atoms with Crippen molar-refractivity contribution in [2.45, 2.75) is 38.0 Å².